The van der Waals surface area contributed by atoms with Gasteiger partial charge in [-0.25, -0.2) is 4.98 Å². The number of halogens is 1. The van der Waals surface area contributed by atoms with E-state index in [1.807, 2.05) is 72.8 Å². The third kappa shape index (κ3) is 3.94. The van der Waals surface area contributed by atoms with Crippen LogP contribution >= 0.6 is 15.9 Å². The highest BCUT2D eigenvalue weighted by molar-refractivity contribution is 9.10. The number of aromatic nitrogens is 2. The van der Waals surface area contributed by atoms with Gasteiger partial charge in [0.05, 0.1) is 5.69 Å². The third-order valence-corrected chi connectivity index (χ3v) is 6.70. The second kappa shape index (κ2) is 8.93. The lowest BCUT2D eigenvalue weighted by atomic mass is 10.0. The van der Waals surface area contributed by atoms with E-state index >= 15 is 0 Å². The van der Waals surface area contributed by atoms with Gasteiger partial charge in [0.15, 0.2) is 0 Å². The molecular weight excluding hydrogens is 498 g/mol. The molecule has 5 heteroatoms. The number of imidazole rings is 1. The Labute approximate surface area is 211 Å². The molecule has 0 spiro atoms. The molecule has 2 aromatic heterocycles. The van der Waals surface area contributed by atoms with Crippen molar-refractivity contribution < 1.29 is 5.11 Å². The first-order valence-corrected chi connectivity index (χ1v) is 12.2. The maximum absolute atomic E-state index is 11.0. The molecule has 0 aliphatic carbocycles. The van der Waals surface area contributed by atoms with Crippen LogP contribution in [0.2, 0.25) is 0 Å². The van der Waals surface area contributed by atoms with Crippen LogP contribution < -0.4 is 5.32 Å². The van der Waals surface area contributed by atoms with Gasteiger partial charge in [-0.3, -0.25) is 4.40 Å². The molecule has 0 saturated carbocycles. The molecule has 0 bridgehead atoms. The summed E-state index contributed by atoms with van der Waals surface area (Å²) in [4.78, 5) is 5.03. The minimum atomic E-state index is 0.239. The number of benzene rings is 4. The molecule has 0 fully saturated rings. The Morgan fingerprint density at radius 1 is 0.800 bits per heavy atom. The van der Waals surface area contributed by atoms with Gasteiger partial charge in [-0.15, -0.1) is 0 Å². The van der Waals surface area contributed by atoms with Gasteiger partial charge < -0.3 is 10.4 Å². The number of nitrogens with zero attached hydrogens (tertiary/aromatic N) is 2. The zero-order valence-electron chi connectivity index (χ0n) is 18.8. The lowest BCUT2D eigenvalue weighted by Gasteiger charge is -2.15. The van der Waals surface area contributed by atoms with Gasteiger partial charge in [0.1, 0.15) is 22.9 Å². The predicted octanol–water partition coefficient (Wildman–Crippen LogP) is 7.90. The summed E-state index contributed by atoms with van der Waals surface area (Å²) in [7, 11) is 0. The minimum absolute atomic E-state index is 0.239. The number of phenolic OH excluding ortho intramolecular Hbond substituents is 1. The SMILES string of the molecule is Oc1ccc2ccccc2c1-c1cccc2nc(-c3cccc(Br)c3)c(NCc3ccccc3)n12. The number of rotatable bonds is 5. The van der Waals surface area contributed by atoms with Crippen LogP contribution in [0.3, 0.4) is 0 Å². The Bertz CT molecular complexity index is 1670. The summed E-state index contributed by atoms with van der Waals surface area (Å²) in [6.45, 7) is 0.644. The number of phenols is 1. The van der Waals surface area contributed by atoms with Crippen LogP contribution in [0.25, 0.3) is 38.9 Å². The highest BCUT2D eigenvalue weighted by atomic mass is 79.9. The maximum Gasteiger partial charge on any atom is 0.139 e. The summed E-state index contributed by atoms with van der Waals surface area (Å²) >= 11 is 3.60. The molecule has 0 atom stereocenters. The summed E-state index contributed by atoms with van der Waals surface area (Å²) < 4.78 is 3.11. The number of anilines is 1. The van der Waals surface area contributed by atoms with E-state index in [1.54, 1.807) is 6.07 Å². The molecule has 2 heterocycles. The molecule has 0 unspecified atom stereocenters. The summed E-state index contributed by atoms with van der Waals surface area (Å²) in [5.41, 5.74) is 5.51. The average molecular weight is 520 g/mol. The van der Waals surface area contributed by atoms with E-state index in [9.17, 15) is 5.11 Å². The lowest BCUT2D eigenvalue weighted by Crippen LogP contribution is -2.05. The fourth-order valence-electron chi connectivity index (χ4n) is 4.60. The highest BCUT2D eigenvalue weighted by Crippen LogP contribution is 2.40. The first kappa shape index (κ1) is 21.4. The van der Waals surface area contributed by atoms with Crippen molar-refractivity contribution in [2.24, 2.45) is 0 Å². The third-order valence-electron chi connectivity index (χ3n) is 6.21. The van der Waals surface area contributed by atoms with Crippen molar-refractivity contribution in [1.82, 2.24) is 9.38 Å². The van der Waals surface area contributed by atoms with Gasteiger partial charge in [-0.05, 0) is 46.7 Å². The normalized spacial score (nSPS) is 11.2. The summed E-state index contributed by atoms with van der Waals surface area (Å²) in [6, 6.07) is 36.3. The van der Waals surface area contributed by atoms with Gasteiger partial charge in [0.2, 0.25) is 0 Å². The zero-order valence-corrected chi connectivity index (χ0v) is 20.4. The van der Waals surface area contributed by atoms with Crippen LogP contribution in [0.4, 0.5) is 5.82 Å². The van der Waals surface area contributed by atoms with E-state index in [4.69, 9.17) is 4.98 Å². The number of hydrogen-bond donors (Lipinski definition) is 2. The maximum atomic E-state index is 11.0. The molecule has 4 nitrogen and oxygen atoms in total. The Balaban J connectivity index is 1.62. The number of fused-ring (bicyclic) bond motifs is 2. The van der Waals surface area contributed by atoms with Crippen LogP contribution in [0, 0.1) is 0 Å². The van der Waals surface area contributed by atoms with Crippen molar-refractivity contribution >= 4 is 38.2 Å². The first-order valence-electron chi connectivity index (χ1n) is 11.5. The van der Waals surface area contributed by atoms with Crippen molar-refractivity contribution in [2.75, 3.05) is 5.32 Å². The van der Waals surface area contributed by atoms with E-state index in [0.717, 1.165) is 49.2 Å². The second-order valence-corrected chi connectivity index (χ2v) is 9.36. The summed E-state index contributed by atoms with van der Waals surface area (Å²) in [5, 5.41) is 16.7. The molecule has 0 aliphatic rings. The van der Waals surface area contributed by atoms with E-state index in [2.05, 4.69) is 56.0 Å². The zero-order chi connectivity index (χ0) is 23.8. The molecule has 6 rings (SSSR count). The molecule has 0 radical (unpaired) electrons. The Hall–Kier alpha value is -4.09. The molecule has 6 aromatic rings. The number of pyridine rings is 1. The van der Waals surface area contributed by atoms with Crippen molar-refractivity contribution in [1.29, 1.82) is 0 Å². The highest BCUT2D eigenvalue weighted by Gasteiger charge is 2.20. The fourth-order valence-corrected chi connectivity index (χ4v) is 5.00. The molecule has 170 valence electrons. The van der Waals surface area contributed by atoms with Gasteiger partial charge >= 0.3 is 0 Å². The minimum Gasteiger partial charge on any atom is -0.507 e. The monoisotopic (exact) mass is 519 g/mol. The summed E-state index contributed by atoms with van der Waals surface area (Å²) in [6.07, 6.45) is 0. The van der Waals surface area contributed by atoms with Gasteiger partial charge in [0.25, 0.3) is 0 Å². The van der Waals surface area contributed by atoms with Crippen molar-refractivity contribution in [2.45, 2.75) is 6.54 Å². The van der Waals surface area contributed by atoms with Gasteiger partial charge in [-0.1, -0.05) is 94.8 Å². The van der Waals surface area contributed by atoms with Gasteiger partial charge in [-0.2, -0.15) is 0 Å². The summed E-state index contributed by atoms with van der Waals surface area (Å²) in [5.74, 6) is 1.12. The first-order chi connectivity index (χ1) is 17.2. The molecule has 2 N–H and O–H groups in total. The Morgan fingerprint density at radius 2 is 1.60 bits per heavy atom. The Kier molecular flexibility index (Phi) is 5.47. The molecule has 35 heavy (non-hydrogen) atoms. The van der Waals surface area contributed by atoms with Crippen LogP contribution in [0.5, 0.6) is 5.75 Å². The number of aromatic hydroxyl groups is 1. The van der Waals surface area contributed by atoms with Crippen molar-refractivity contribution in [3.8, 4) is 28.3 Å². The number of hydrogen-bond acceptors (Lipinski definition) is 3. The van der Waals surface area contributed by atoms with Crippen LogP contribution in [-0.4, -0.2) is 14.5 Å². The quantitative estimate of drug-likeness (QED) is 0.243. The molecular formula is C30H22BrN3O. The number of nitrogens with one attached hydrogen (secondary N) is 1. The van der Waals surface area contributed by atoms with Crippen LogP contribution in [-0.2, 0) is 6.54 Å². The van der Waals surface area contributed by atoms with E-state index in [0.29, 0.717) is 6.54 Å². The average Bonchev–Trinajstić information content (AvgIpc) is 3.27. The predicted molar refractivity (Wildman–Crippen MR) is 147 cm³/mol. The fraction of sp³-hybridized carbons (Fsp3) is 0.0333. The lowest BCUT2D eigenvalue weighted by molar-refractivity contribution is 0.478. The van der Waals surface area contributed by atoms with Crippen molar-refractivity contribution in [3.63, 3.8) is 0 Å². The second-order valence-electron chi connectivity index (χ2n) is 8.44. The van der Waals surface area contributed by atoms with E-state index in [-0.39, 0.29) is 5.75 Å². The standard InChI is InChI=1S/C30H22BrN3O/c31-23-12-6-11-22(18-23)29-30(32-19-20-8-2-1-3-9-20)34-25(14-7-15-27(34)33-29)28-24-13-5-4-10-21(24)16-17-26(28)35/h1-18,32,35H,19H2. The molecule has 4 aromatic carbocycles. The van der Waals surface area contributed by atoms with Crippen LogP contribution in [0.15, 0.2) is 114 Å². The van der Waals surface area contributed by atoms with Crippen molar-refractivity contribution in [3.05, 3.63) is 119 Å². The van der Waals surface area contributed by atoms with E-state index in [1.165, 1.54) is 5.56 Å². The molecule has 0 aliphatic heterocycles. The molecule has 0 amide bonds. The van der Waals surface area contributed by atoms with Gasteiger partial charge in [0, 0.05) is 22.1 Å². The smallest absolute Gasteiger partial charge is 0.139 e. The molecule has 0 saturated heterocycles. The van der Waals surface area contributed by atoms with Crippen LogP contribution in [0.1, 0.15) is 5.56 Å². The Morgan fingerprint density at radius 3 is 2.46 bits per heavy atom. The topological polar surface area (TPSA) is 49.6 Å². The largest absolute Gasteiger partial charge is 0.507 e. The van der Waals surface area contributed by atoms with E-state index < -0.39 is 0 Å².